The normalized spacial score (nSPS) is 11.8. The second kappa shape index (κ2) is 3.77. The maximum absolute atomic E-state index is 12.8. The van der Waals surface area contributed by atoms with Gasteiger partial charge in [-0.25, -0.2) is 0 Å². The summed E-state index contributed by atoms with van der Waals surface area (Å²) in [4.78, 5) is 0. The minimum atomic E-state index is -4.51. The number of fused-ring (bicyclic) bond motifs is 1. The third kappa shape index (κ3) is 1.91. The molecule has 1 aromatic heterocycles. The number of nitriles is 1. The Morgan fingerprint density at radius 3 is 2.53 bits per heavy atom. The Bertz CT molecular complexity index is 637. The number of aryl methyl sites for hydroxylation is 1. The van der Waals surface area contributed by atoms with Gasteiger partial charge in [0.1, 0.15) is 11.7 Å². The Kier molecular flexibility index (Phi) is 2.66. The predicted octanol–water partition coefficient (Wildman–Crippen LogP) is 4.39. The summed E-state index contributed by atoms with van der Waals surface area (Å²) >= 11 is 3.02. The molecule has 0 unspecified atom stereocenters. The number of alkyl halides is 3. The van der Waals surface area contributed by atoms with Crippen molar-refractivity contribution < 1.29 is 17.6 Å². The first-order valence-electron chi connectivity index (χ1n) is 4.54. The Morgan fingerprint density at radius 2 is 2.00 bits per heavy atom. The predicted molar refractivity (Wildman–Crippen MR) is 58.4 cm³/mol. The molecule has 6 heteroatoms. The molecule has 0 spiro atoms. The van der Waals surface area contributed by atoms with Crippen LogP contribution in [0.4, 0.5) is 13.2 Å². The molecule has 0 fully saturated rings. The Balaban J connectivity index is 2.91. The molecular formula is C11H5BrF3NO. The van der Waals surface area contributed by atoms with E-state index in [2.05, 4.69) is 15.9 Å². The van der Waals surface area contributed by atoms with E-state index < -0.39 is 11.7 Å². The van der Waals surface area contributed by atoms with Crippen LogP contribution in [0, 0.1) is 18.3 Å². The number of rotatable bonds is 0. The van der Waals surface area contributed by atoms with E-state index >= 15 is 0 Å². The average molecular weight is 304 g/mol. The van der Waals surface area contributed by atoms with Crippen molar-refractivity contribution in [3.05, 3.63) is 33.5 Å². The van der Waals surface area contributed by atoms with Crippen LogP contribution in [0.3, 0.4) is 0 Å². The molecule has 88 valence electrons. The van der Waals surface area contributed by atoms with Gasteiger partial charge in [0, 0.05) is 15.4 Å². The number of halogens is 4. The van der Waals surface area contributed by atoms with E-state index in [0.29, 0.717) is 15.4 Å². The van der Waals surface area contributed by atoms with Crippen LogP contribution < -0.4 is 0 Å². The van der Waals surface area contributed by atoms with Crippen molar-refractivity contribution in [2.45, 2.75) is 13.1 Å². The number of benzene rings is 1. The Labute approximate surface area is 103 Å². The lowest BCUT2D eigenvalue weighted by molar-refractivity contribution is -0.136. The number of hydrogen-bond donors (Lipinski definition) is 0. The number of hydrogen-bond acceptors (Lipinski definition) is 2. The zero-order chi connectivity index (χ0) is 12.8. The zero-order valence-electron chi connectivity index (χ0n) is 8.52. The summed E-state index contributed by atoms with van der Waals surface area (Å²) in [7, 11) is 0. The summed E-state index contributed by atoms with van der Waals surface area (Å²) in [6.45, 7) is 1.55. The van der Waals surface area contributed by atoms with E-state index in [4.69, 9.17) is 9.68 Å². The molecule has 2 nitrogen and oxygen atoms in total. The molecule has 0 amide bonds. The van der Waals surface area contributed by atoms with Gasteiger partial charge in [-0.15, -0.1) is 0 Å². The highest BCUT2D eigenvalue weighted by Gasteiger charge is 2.35. The van der Waals surface area contributed by atoms with Crippen LogP contribution in [0.25, 0.3) is 11.0 Å². The van der Waals surface area contributed by atoms with Gasteiger partial charge < -0.3 is 4.42 Å². The molecule has 0 saturated carbocycles. The maximum atomic E-state index is 12.8. The van der Waals surface area contributed by atoms with Gasteiger partial charge >= 0.3 is 6.18 Å². The molecule has 0 N–H and O–H groups in total. The van der Waals surface area contributed by atoms with E-state index in [9.17, 15) is 13.2 Å². The highest BCUT2D eigenvalue weighted by molar-refractivity contribution is 9.10. The van der Waals surface area contributed by atoms with Gasteiger partial charge in [-0.1, -0.05) is 15.9 Å². The minimum Gasteiger partial charge on any atom is -0.445 e. The van der Waals surface area contributed by atoms with Crippen molar-refractivity contribution in [1.82, 2.24) is 0 Å². The molecule has 0 aliphatic rings. The lowest BCUT2D eigenvalue weighted by atomic mass is 10.1. The first-order chi connectivity index (χ1) is 7.84. The van der Waals surface area contributed by atoms with Crippen molar-refractivity contribution in [2.24, 2.45) is 0 Å². The Morgan fingerprint density at radius 1 is 1.35 bits per heavy atom. The van der Waals surface area contributed by atoms with Crippen LogP contribution in [0.1, 0.15) is 16.9 Å². The lowest BCUT2D eigenvalue weighted by Gasteiger charge is -2.07. The van der Waals surface area contributed by atoms with Crippen molar-refractivity contribution >= 4 is 26.9 Å². The van der Waals surface area contributed by atoms with Gasteiger partial charge in [-0.3, -0.25) is 0 Å². The van der Waals surface area contributed by atoms with Gasteiger partial charge in [-0.05, 0) is 19.1 Å². The summed E-state index contributed by atoms with van der Waals surface area (Å²) in [5.41, 5.74) is -0.768. The zero-order valence-corrected chi connectivity index (χ0v) is 10.1. The van der Waals surface area contributed by atoms with E-state index in [1.165, 1.54) is 6.07 Å². The van der Waals surface area contributed by atoms with E-state index in [0.717, 1.165) is 6.07 Å². The molecule has 0 aliphatic heterocycles. The highest BCUT2D eigenvalue weighted by atomic mass is 79.9. The van der Waals surface area contributed by atoms with Crippen LogP contribution >= 0.6 is 15.9 Å². The van der Waals surface area contributed by atoms with Crippen LogP contribution in [0.5, 0.6) is 0 Å². The average Bonchev–Trinajstić information content (AvgIpc) is 2.54. The molecular weight excluding hydrogens is 299 g/mol. The van der Waals surface area contributed by atoms with Crippen LogP contribution in [-0.2, 0) is 6.18 Å². The summed E-state index contributed by atoms with van der Waals surface area (Å²) < 4.78 is 43.6. The second-order valence-corrected chi connectivity index (χ2v) is 4.41. The van der Waals surface area contributed by atoms with Gasteiger partial charge in [0.25, 0.3) is 0 Å². The smallest absolute Gasteiger partial charge is 0.420 e. The third-order valence-electron chi connectivity index (χ3n) is 2.41. The molecule has 2 rings (SSSR count). The van der Waals surface area contributed by atoms with Crippen molar-refractivity contribution in [3.8, 4) is 6.07 Å². The summed E-state index contributed by atoms with van der Waals surface area (Å²) in [5, 5.41) is 9.04. The molecule has 2 aromatic rings. The summed E-state index contributed by atoms with van der Waals surface area (Å²) in [5.74, 6) is -0.0939. The number of nitrogens with zero attached hydrogens (tertiary/aromatic N) is 1. The van der Waals surface area contributed by atoms with E-state index in [1.54, 1.807) is 13.0 Å². The largest absolute Gasteiger partial charge is 0.445 e. The fourth-order valence-corrected chi connectivity index (χ4v) is 2.06. The van der Waals surface area contributed by atoms with Gasteiger partial charge in [-0.2, -0.15) is 18.4 Å². The van der Waals surface area contributed by atoms with Crippen molar-refractivity contribution in [3.63, 3.8) is 0 Å². The molecule has 17 heavy (non-hydrogen) atoms. The fraction of sp³-hybridized carbons (Fsp3) is 0.182. The van der Waals surface area contributed by atoms with E-state index in [1.807, 2.05) is 0 Å². The van der Waals surface area contributed by atoms with Gasteiger partial charge in [0.15, 0.2) is 0 Å². The molecule has 0 radical (unpaired) electrons. The number of furan rings is 1. The standard InChI is InChI=1S/C11H5BrF3NO/c1-5-7-2-6(12)3-8(11(13,14)15)10(7)17-9(5)4-16/h2-3H,1H3. The van der Waals surface area contributed by atoms with Gasteiger partial charge in [0.05, 0.1) is 5.56 Å². The fourth-order valence-electron chi connectivity index (χ4n) is 1.60. The first-order valence-corrected chi connectivity index (χ1v) is 5.34. The molecule has 1 heterocycles. The summed E-state index contributed by atoms with van der Waals surface area (Å²) in [6, 6.07) is 4.17. The third-order valence-corrected chi connectivity index (χ3v) is 2.87. The summed E-state index contributed by atoms with van der Waals surface area (Å²) in [6.07, 6.45) is -4.51. The van der Waals surface area contributed by atoms with E-state index in [-0.39, 0.29) is 11.3 Å². The van der Waals surface area contributed by atoms with Crippen molar-refractivity contribution in [1.29, 1.82) is 5.26 Å². The minimum absolute atomic E-state index is 0.0939. The molecule has 1 aromatic carbocycles. The Hall–Kier alpha value is -1.48. The lowest BCUT2D eigenvalue weighted by Crippen LogP contribution is -2.05. The second-order valence-electron chi connectivity index (χ2n) is 3.50. The van der Waals surface area contributed by atoms with Crippen LogP contribution in [0.15, 0.2) is 21.0 Å². The van der Waals surface area contributed by atoms with Crippen molar-refractivity contribution in [2.75, 3.05) is 0 Å². The molecule has 0 atom stereocenters. The van der Waals surface area contributed by atoms with Crippen LogP contribution in [-0.4, -0.2) is 0 Å². The molecule has 0 saturated heterocycles. The monoisotopic (exact) mass is 303 g/mol. The highest BCUT2D eigenvalue weighted by Crippen LogP contribution is 2.39. The topological polar surface area (TPSA) is 36.9 Å². The first kappa shape index (κ1) is 12.0. The molecule has 0 aliphatic carbocycles. The van der Waals surface area contributed by atoms with Crippen LogP contribution in [0.2, 0.25) is 0 Å². The molecule has 0 bridgehead atoms. The SMILES string of the molecule is Cc1c(C#N)oc2c(C(F)(F)F)cc(Br)cc12. The maximum Gasteiger partial charge on any atom is 0.420 e. The van der Waals surface area contributed by atoms with Gasteiger partial charge in [0.2, 0.25) is 5.76 Å². The quantitative estimate of drug-likeness (QED) is 0.723.